The fourth-order valence-corrected chi connectivity index (χ4v) is 3.41. The number of rotatable bonds is 7. The van der Waals surface area contributed by atoms with Crippen LogP contribution in [0, 0.1) is 0 Å². The van der Waals surface area contributed by atoms with E-state index in [1.807, 2.05) is 6.92 Å². The van der Waals surface area contributed by atoms with Gasteiger partial charge < -0.3 is 16.0 Å². The van der Waals surface area contributed by atoms with Gasteiger partial charge in [0.05, 0.1) is 0 Å². The molecule has 2 unspecified atom stereocenters. The summed E-state index contributed by atoms with van der Waals surface area (Å²) in [6.07, 6.45) is 3.28. The quantitative estimate of drug-likeness (QED) is 0.315. The zero-order valence-electron chi connectivity index (χ0n) is 16.3. The van der Waals surface area contributed by atoms with E-state index < -0.39 is 0 Å². The van der Waals surface area contributed by atoms with Crippen molar-refractivity contribution in [1.29, 1.82) is 0 Å². The first-order valence-corrected chi connectivity index (χ1v) is 9.76. The second-order valence-corrected chi connectivity index (χ2v) is 7.38. The first kappa shape index (κ1) is 21.9. The number of hydrogen-bond acceptors (Lipinski definition) is 3. The van der Waals surface area contributed by atoms with E-state index >= 15 is 0 Å². The normalized spacial score (nSPS) is 22.8. The lowest BCUT2D eigenvalue weighted by Crippen LogP contribution is -2.45. The third kappa shape index (κ3) is 7.29. The van der Waals surface area contributed by atoms with Crippen LogP contribution in [0.3, 0.4) is 0 Å². The Balaban J connectivity index is 0.00000261. The van der Waals surface area contributed by atoms with Gasteiger partial charge in [-0.2, -0.15) is 0 Å². The number of hydrogen-bond donors (Lipinski definition) is 3. The van der Waals surface area contributed by atoms with Gasteiger partial charge in [0.25, 0.3) is 0 Å². The van der Waals surface area contributed by atoms with Gasteiger partial charge in [0.2, 0.25) is 5.91 Å². The fourth-order valence-electron chi connectivity index (χ4n) is 3.41. The summed E-state index contributed by atoms with van der Waals surface area (Å²) in [4.78, 5) is 18.8. The van der Waals surface area contributed by atoms with Crippen molar-refractivity contribution in [2.45, 2.75) is 57.8 Å². The standard InChI is InChI=1S/C20H31N5O.HI/c1-3-21-20(22-12-19(26)23-17-9-10-17)24-18-11-15(2)25(14-18)13-16-7-5-4-6-8-16;/h4-8,15,17-18H,3,9-14H2,1-2H3,(H,23,26)(H2,21,22,24);1H. The number of nitrogens with zero attached hydrogens (tertiary/aromatic N) is 2. The van der Waals surface area contributed by atoms with Gasteiger partial charge in [-0.3, -0.25) is 9.69 Å². The number of halogens is 1. The van der Waals surface area contributed by atoms with Gasteiger partial charge in [0.1, 0.15) is 6.54 Å². The molecule has 2 atom stereocenters. The van der Waals surface area contributed by atoms with Gasteiger partial charge in [0.15, 0.2) is 5.96 Å². The molecule has 3 N–H and O–H groups in total. The number of benzene rings is 1. The molecule has 0 bridgehead atoms. The summed E-state index contributed by atoms with van der Waals surface area (Å²) in [7, 11) is 0. The molecule has 1 aliphatic heterocycles. The first-order chi connectivity index (χ1) is 12.6. The Morgan fingerprint density at radius 1 is 1.19 bits per heavy atom. The van der Waals surface area contributed by atoms with Crippen molar-refractivity contribution in [1.82, 2.24) is 20.9 Å². The highest BCUT2D eigenvalue weighted by molar-refractivity contribution is 14.0. The highest BCUT2D eigenvalue weighted by Gasteiger charge is 2.29. The number of amides is 1. The third-order valence-electron chi connectivity index (χ3n) is 4.94. The molecule has 1 heterocycles. The monoisotopic (exact) mass is 485 g/mol. The Bertz CT molecular complexity index is 620. The van der Waals surface area contributed by atoms with Crippen molar-refractivity contribution in [2.75, 3.05) is 19.6 Å². The molecule has 1 saturated carbocycles. The molecule has 1 amide bonds. The Labute approximate surface area is 179 Å². The molecule has 3 rings (SSSR count). The molecule has 6 nitrogen and oxygen atoms in total. The first-order valence-electron chi connectivity index (χ1n) is 9.76. The van der Waals surface area contributed by atoms with E-state index in [2.05, 4.69) is 63.1 Å². The molecule has 1 aromatic carbocycles. The van der Waals surface area contributed by atoms with Crippen molar-refractivity contribution < 1.29 is 4.79 Å². The number of carbonyl (C=O) groups is 1. The van der Waals surface area contributed by atoms with E-state index in [9.17, 15) is 4.79 Å². The molecular weight excluding hydrogens is 453 g/mol. The number of guanidine groups is 1. The van der Waals surface area contributed by atoms with Crippen molar-refractivity contribution in [3.05, 3.63) is 35.9 Å². The number of nitrogens with one attached hydrogen (secondary N) is 3. The summed E-state index contributed by atoms with van der Waals surface area (Å²) >= 11 is 0. The Kier molecular flexibility index (Phi) is 8.82. The SMILES string of the molecule is CCNC(=NCC(=O)NC1CC1)NC1CC(C)N(Cc2ccccc2)C1.I. The van der Waals surface area contributed by atoms with Crippen LogP contribution in [-0.4, -0.2) is 54.5 Å². The van der Waals surface area contributed by atoms with E-state index in [1.165, 1.54) is 5.56 Å². The molecule has 2 aliphatic rings. The minimum Gasteiger partial charge on any atom is -0.357 e. The molecule has 2 fully saturated rings. The highest BCUT2D eigenvalue weighted by Crippen LogP contribution is 2.20. The van der Waals surface area contributed by atoms with Crippen LogP contribution < -0.4 is 16.0 Å². The molecule has 0 aromatic heterocycles. The second kappa shape index (κ2) is 10.8. The fraction of sp³-hybridized carbons (Fsp3) is 0.600. The summed E-state index contributed by atoms with van der Waals surface area (Å²) in [5, 5.41) is 9.73. The lowest BCUT2D eigenvalue weighted by atomic mass is 10.2. The molecule has 150 valence electrons. The van der Waals surface area contributed by atoms with E-state index in [0.29, 0.717) is 18.1 Å². The molecule has 0 radical (unpaired) electrons. The van der Waals surface area contributed by atoms with Crippen LogP contribution in [0.5, 0.6) is 0 Å². The lowest BCUT2D eigenvalue weighted by molar-refractivity contribution is -0.119. The van der Waals surface area contributed by atoms with E-state index in [-0.39, 0.29) is 36.4 Å². The summed E-state index contributed by atoms with van der Waals surface area (Å²) in [5.41, 5.74) is 1.34. The molecule has 27 heavy (non-hydrogen) atoms. The number of aliphatic imine (C=N–C) groups is 1. The molecule has 1 aromatic rings. The van der Waals surface area contributed by atoms with Crippen LogP contribution in [0.4, 0.5) is 0 Å². The van der Waals surface area contributed by atoms with Gasteiger partial charge in [-0.1, -0.05) is 30.3 Å². The number of likely N-dealkylation sites (tertiary alicyclic amines) is 1. The smallest absolute Gasteiger partial charge is 0.242 e. The van der Waals surface area contributed by atoms with E-state index in [4.69, 9.17) is 0 Å². The maximum atomic E-state index is 11.9. The topological polar surface area (TPSA) is 68.8 Å². The predicted molar refractivity (Wildman–Crippen MR) is 120 cm³/mol. The van der Waals surface area contributed by atoms with Gasteiger partial charge in [-0.25, -0.2) is 4.99 Å². The summed E-state index contributed by atoms with van der Waals surface area (Å²) in [5.74, 6) is 0.743. The summed E-state index contributed by atoms with van der Waals surface area (Å²) in [6, 6.07) is 11.8. The van der Waals surface area contributed by atoms with Crippen LogP contribution in [-0.2, 0) is 11.3 Å². The molecule has 1 saturated heterocycles. The Hall–Kier alpha value is -1.35. The average molecular weight is 485 g/mol. The zero-order valence-corrected chi connectivity index (χ0v) is 18.6. The summed E-state index contributed by atoms with van der Waals surface area (Å²) < 4.78 is 0. The van der Waals surface area contributed by atoms with Crippen LogP contribution in [0.2, 0.25) is 0 Å². The molecule has 0 spiro atoms. The van der Waals surface area contributed by atoms with Crippen molar-refractivity contribution >= 4 is 35.8 Å². The Morgan fingerprint density at radius 2 is 1.93 bits per heavy atom. The van der Waals surface area contributed by atoms with Gasteiger partial charge in [0, 0.05) is 37.8 Å². The van der Waals surface area contributed by atoms with Crippen molar-refractivity contribution in [2.24, 2.45) is 4.99 Å². The Morgan fingerprint density at radius 3 is 2.59 bits per heavy atom. The highest BCUT2D eigenvalue weighted by atomic mass is 127. The van der Waals surface area contributed by atoms with Crippen LogP contribution in [0.15, 0.2) is 35.3 Å². The van der Waals surface area contributed by atoms with E-state index in [1.54, 1.807) is 0 Å². The average Bonchev–Trinajstić information content (AvgIpc) is 3.37. The predicted octanol–water partition coefficient (Wildman–Crippen LogP) is 2.10. The molecular formula is C20H32IN5O. The maximum Gasteiger partial charge on any atom is 0.242 e. The minimum absolute atomic E-state index is 0. The summed E-state index contributed by atoms with van der Waals surface area (Å²) in [6.45, 7) is 7.23. The molecule has 7 heteroatoms. The van der Waals surface area contributed by atoms with E-state index in [0.717, 1.165) is 44.9 Å². The number of carbonyl (C=O) groups excluding carboxylic acids is 1. The third-order valence-corrected chi connectivity index (χ3v) is 4.94. The largest absolute Gasteiger partial charge is 0.357 e. The minimum atomic E-state index is 0. The van der Waals surface area contributed by atoms with Gasteiger partial charge in [-0.05, 0) is 38.7 Å². The molecule has 1 aliphatic carbocycles. The lowest BCUT2D eigenvalue weighted by Gasteiger charge is -2.21. The van der Waals surface area contributed by atoms with Crippen molar-refractivity contribution in [3.63, 3.8) is 0 Å². The van der Waals surface area contributed by atoms with Gasteiger partial charge >= 0.3 is 0 Å². The second-order valence-electron chi connectivity index (χ2n) is 7.38. The van der Waals surface area contributed by atoms with Gasteiger partial charge in [-0.15, -0.1) is 24.0 Å². The van der Waals surface area contributed by atoms with Crippen molar-refractivity contribution in [3.8, 4) is 0 Å². The maximum absolute atomic E-state index is 11.9. The van der Waals surface area contributed by atoms with Crippen LogP contribution in [0.25, 0.3) is 0 Å². The van der Waals surface area contributed by atoms with Crippen LogP contribution in [0.1, 0.15) is 38.7 Å². The zero-order chi connectivity index (χ0) is 18.4. The van der Waals surface area contributed by atoms with Crippen LogP contribution >= 0.6 is 24.0 Å².